The molecule has 4 heteroatoms. The monoisotopic (exact) mass is 374 g/mol. The summed E-state index contributed by atoms with van der Waals surface area (Å²) >= 11 is 3.56. The summed E-state index contributed by atoms with van der Waals surface area (Å²) in [5.74, 6) is 0.434. The van der Waals surface area contributed by atoms with E-state index in [-0.39, 0.29) is 16.9 Å². The van der Waals surface area contributed by atoms with Gasteiger partial charge in [0, 0.05) is 5.33 Å². The van der Waals surface area contributed by atoms with Crippen LogP contribution in [0.25, 0.3) is 0 Å². The molecule has 120 valence electrons. The van der Waals surface area contributed by atoms with Crippen molar-refractivity contribution in [3.8, 4) is 0 Å². The summed E-state index contributed by atoms with van der Waals surface area (Å²) in [4.78, 5) is 0. The lowest BCUT2D eigenvalue weighted by Gasteiger charge is -2.31. The minimum absolute atomic E-state index is 0.120. The van der Waals surface area contributed by atoms with Crippen LogP contribution in [0.4, 0.5) is 0 Å². The van der Waals surface area contributed by atoms with Gasteiger partial charge in [-0.3, -0.25) is 0 Å². The van der Waals surface area contributed by atoms with Gasteiger partial charge in [-0.1, -0.05) is 66.9 Å². The van der Waals surface area contributed by atoms with E-state index in [0.29, 0.717) is 0 Å². The third-order valence-corrected chi connectivity index (χ3v) is 7.00. The first kappa shape index (κ1) is 18.7. The predicted molar refractivity (Wildman–Crippen MR) is 94.7 cm³/mol. The van der Waals surface area contributed by atoms with Gasteiger partial charge < -0.3 is 0 Å². The summed E-state index contributed by atoms with van der Waals surface area (Å²) in [6, 6.07) is 7.75. The molecule has 0 saturated carbocycles. The molecule has 0 aromatic heterocycles. The Morgan fingerprint density at radius 1 is 1.10 bits per heavy atom. The highest BCUT2D eigenvalue weighted by Crippen LogP contribution is 2.34. The second-order valence-corrected chi connectivity index (χ2v) is 8.72. The summed E-state index contributed by atoms with van der Waals surface area (Å²) in [5.41, 5.74) is 1.86. The SMILES string of the molecule is CCCC(CBr)(CCC)CS(=O)(=O)Cc1ccccc1C. The van der Waals surface area contributed by atoms with Crippen molar-refractivity contribution in [3.05, 3.63) is 35.4 Å². The molecule has 0 aliphatic heterocycles. The summed E-state index contributed by atoms with van der Waals surface area (Å²) in [6.45, 7) is 6.22. The molecule has 2 nitrogen and oxygen atoms in total. The average Bonchev–Trinajstić information content (AvgIpc) is 2.41. The molecule has 0 atom stereocenters. The molecule has 0 fully saturated rings. The predicted octanol–water partition coefficient (Wildman–Crippen LogP) is 4.89. The Morgan fingerprint density at radius 3 is 2.14 bits per heavy atom. The first-order chi connectivity index (χ1) is 9.88. The molecule has 0 aliphatic rings. The first-order valence-electron chi connectivity index (χ1n) is 7.69. The van der Waals surface area contributed by atoms with E-state index in [1.807, 2.05) is 31.2 Å². The van der Waals surface area contributed by atoms with Crippen LogP contribution in [0.2, 0.25) is 0 Å². The van der Waals surface area contributed by atoms with E-state index in [9.17, 15) is 8.42 Å². The number of sulfone groups is 1. The smallest absolute Gasteiger partial charge is 0.155 e. The molecule has 0 radical (unpaired) electrons. The fraction of sp³-hybridized carbons (Fsp3) is 0.647. The molecule has 0 saturated heterocycles. The second kappa shape index (κ2) is 8.33. The molecular formula is C17H27BrO2S. The lowest BCUT2D eigenvalue weighted by molar-refractivity contribution is 0.313. The van der Waals surface area contributed by atoms with Gasteiger partial charge in [-0.2, -0.15) is 0 Å². The van der Waals surface area contributed by atoms with E-state index in [2.05, 4.69) is 29.8 Å². The van der Waals surface area contributed by atoms with Crippen LogP contribution in [0.5, 0.6) is 0 Å². The van der Waals surface area contributed by atoms with Crippen molar-refractivity contribution < 1.29 is 8.42 Å². The van der Waals surface area contributed by atoms with E-state index in [4.69, 9.17) is 0 Å². The molecule has 0 unspecified atom stereocenters. The van der Waals surface area contributed by atoms with Gasteiger partial charge in [-0.15, -0.1) is 0 Å². The number of alkyl halides is 1. The minimum atomic E-state index is -3.10. The van der Waals surface area contributed by atoms with Gasteiger partial charge in [0.05, 0.1) is 11.5 Å². The maximum absolute atomic E-state index is 12.7. The van der Waals surface area contributed by atoms with Crippen molar-refractivity contribution in [2.75, 3.05) is 11.1 Å². The molecule has 0 bridgehead atoms. The first-order valence-corrected chi connectivity index (χ1v) is 10.6. The molecule has 0 spiro atoms. The summed E-state index contributed by atoms with van der Waals surface area (Å²) in [7, 11) is -3.10. The molecule has 1 aromatic carbocycles. The third kappa shape index (κ3) is 5.74. The van der Waals surface area contributed by atoms with Crippen LogP contribution in [0.1, 0.15) is 50.7 Å². The normalized spacial score (nSPS) is 12.6. The van der Waals surface area contributed by atoms with E-state index >= 15 is 0 Å². The van der Waals surface area contributed by atoms with Crippen molar-refractivity contribution in [2.45, 2.75) is 52.2 Å². The highest BCUT2D eigenvalue weighted by molar-refractivity contribution is 9.09. The summed E-state index contributed by atoms with van der Waals surface area (Å²) in [6.07, 6.45) is 3.95. The second-order valence-electron chi connectivity index (χ2n) is 6.09. The Morgan fingerprint density at radius 2 is 1.67 bits per heavy atom. The maximum Gasteiger partial charge on any atom is 0.155 e. The van der Waals surface area contributed by atoms with E-state index in [1.165, 1.54) is 0 Å². The van der Waals surface area contributed by atoms with Crippen molar-refractivity contribution in [3.63, 3.8) is 0 Å². The lowest BCUT2D eigenvalue weighted by Crippen LogP contribution is -2.32. The van der Waals surface area contributed by atoms with Gasteiger partial charge in [0.25, 0.3) is 0 Å². The van der Waals surface area contributed by atoms with Crippen molar-refractivity contribution >= 4 is 25.8 Å². The number of hydrogen-bond acceptors (Lipinski definition) is 2. The Hall–Kier alpha value is -0.350. The quantitative estimate of drug-likeness (QED) is 0.576. The van der Waals surface area contributed by atoms with E-state index in [0.717, 1.165) is 42.1 Å². The van der Waals surface area contributed by atoms with Crippen LogP contribution in [-0.4, -0.2) is 19.5 Å². The van der Waals surface area contributed by atoms with Crippen molar-refractivity contribution in [2.24, 2.45) is 5.41 Å². The zero-order valence-electron chi connectivity index (χ0n) is 13.4. The zero-order valence-corrected chi connectivity index (χ0v) is 15.8. The van der Waals surface area contributed by atoms with Gasteiger partial charge >= 0.3 is 0 Å². The molecule has 21 heavy (non-hydrogen) atoms. The van der Waals surface area contributed by atoms with Crippen molar-refractivity contribution in [1.82, 2.24) is 0 Å². The summed E-state index contributed by atoms with van der Waals surface area (Å²) < 4.78 is 25.3. The third-order valence-electron chi connectivity index (χ3n) is 4.01. The number of hydrogen-bond donors (Lipinski definition) is 0. The molecule has 0 N–H and O–H groups in total. The van der Waals surface area contributed by atoms with Gasteiger partial charge in [0.1, 0.15) is 0 Å². The highest BCUT2D eigenvalue weighted by atomic mass is 79.9. The average molecular weight is 375 g/mol. The standard InChI is InChI=1S/C17H27BrO2S/c1-4-10-17(13-18,11-5-2)14-21(19,20)12-16-9-7-6-8-15(16)3/h6-9H,4-5,10-14H2,1-3H3. The van der Waals surface area contributed by atoms with Gasteiger partial charge in [-0.25, -0.2) is 8.42 Å². The molecular weight excluding hydrogens is 348 g/mol. The largest absolute Gasteiger partial charge is 0.228 e. The topological polar surface area (TPSA) is 34.1 Å². The maximum atomic E-state index is 12.7. The number of halogens is 1. The summed E-state index contributed by atoms with van der Waals surface area (Å²) in [5, 5.41) is 0.759. The Kier molecular flexibility index (Phi) is 7.41. The van der Waals surface area contributed by atoms with Crippen LogP contribution < -0.4 is 0 Å². The highest BCUT2D eigenvalue weighted by Gasteiger charge is 2.33. The number of benzene rings is 1. The molecule has 1 rings (SSSR count). The zero-order chi connectivity index (χ0) is 15.9. The van der Waals surface area contributed by atoms with Crippen LogP contribution >= 0.6 is 15.9 Å². The van der Waals surface area contributed by atoms with Gasteiger partial charge in [-0.05, 0) is 36.3 Å². The van der Waals surface area contributed by atoms with Crippen LogP contribution in [0, 0.1) is 12.3 Å². The van der Waals surface area contributed by atoms with E-state index in [1.54, 1.807) is 0 Å². The molecule has 0 heterocycles. The molecule has 1 aromatic rings. The molecule has 0 amide bonds. The fourth-order valence-corrected chi connectivity index (χ4v) is 6.27. The lowest BCUT2D eigenvalue weighted by atomic mass is 9.83. The van der Waals surface area contributed by atoms with Gasteiger partial charge in [0.2, 0.25) is 0 Å². The Bertz CT molecular complexity index is 531. The van der Waals surface area contributed by atoms with Gasteiger partial charge in [0.15, 0.2) is 9.84 Å². The van der Waals surface area contributed by atoms with Crippen LogP contribution in [-0.2, 0) is 15.6 Å². The molecule has 0 aliphatic carbocycles. The Balaban J connectivity index is 2.93. The van der Waals surface area contributed by atoms with Crippen molar-refractivity contribution in [1.29, 1.82) is 0 Å². The number of rotatable bonds is 9. The number of aryl methyl sites for hydroxylation is 1. The fourth-order valence-electron chi connectivity index (χ4n) is 3.03. The minimum Gasteiger partial charge on any atom is -0.228 e. The van der Waals surface area contributed by atoms with E-state index < -0.39 is 9.84 Å². The van der Waals surface area contributed by atoms with Crippen LogP contribution in [0.15, 0.2) is 24.3 Å². The Labute approximate surface area is 138 Å². The van der Waals surface area contributed by atoms with Crippen LogP contribution in [0.3, 0.4) is 0 Å².